The zero-order chi connectivity index (χ0) is 20.6. The molecular weight excluding hydrogens is 374 g/mol. The van der Waals surface area contributed by atoms with Gasteiger partial charge in [0.05, 0.1) is 20.3 Å². The van der Waals surface area contributed by atoms with Gasteiger partial charge in [0.1, 0.15) is 17.1 Å². The number of hydrogen-bond acceptors (Lipinski definition) is 6. The third kappa shape index (κ3) is 5.04. The molecule has 2 heterocycles. The molecule has 0 spiro atoms. The van der Waals surface area contributed by atoms with E-state index in [0.717, 1.165) is 5.75 Å². The molecule has 0 radical (unpaired) electrons. The van der Waals surface area contributed by atoms with Crippen LogP contribution >= 0.6 is 0 Å². The van der Waals surface area contributed by atoms with E-state index in [9.17, 15) is 9.59 Å². The summed E-state index contributed by atoms with van der Waals surface area (Å²) in [6.45, 7) is 2.33. The summed E-state index contributed by atoms with van der Waals surface area (Å²) in [7, 11) is 1.60. The van der Waals surface area contributed by atoms with Crippen LogP contribution in [0.2, 0.25) is 0 Å². The number of fused-ring (bicyclic) bond motifs is 1. The molecule has 0 saturated heterocycles. The number of benzene rings is 1. The van der Waals surface area contributed by atoms with E-state index >= 15 is 0 Å². The Morgan fingerprint density at radius 3 is 2.59 bits per heavy atom. The summed E-state index contributed by atoms with van der Waals surface area (Å²) in [5.41, 5.74) is 0.634. The monoisotopic (exact) mass is 397 g/mol. The Morgan fingerprint density at radius 1 is 1.10 bits per heavy atom. The molecule has 0 fully saturated rings. The van der Waals surface area contributed by atoms with Crippen molar-refractivity contribution < 1.29 is 23.8 Å². The summed E-state index contributed by atoms with van der Waals surface area (Å²) in [6.07, 6.45) is 2.48. The molecule has 0 unspecified atom stereocenters. The maximum Gasteiger partial charge on any atom is 0.360 e. The minimum absolute atomic E-state index is 0.0842. The number of methoxy groups -OCH3 is 1. The fraction of sp³-hybridized carbons (Fsp3) is 0.286. The highest BCUT2D eigenvalue weighted by molar-refractivity contribution is 6.00. The molecule has 0 bridgehead atoms. The summed E-state index contributed by atoms with van der Waals surface area (Å²) in [6, 6.07) is 12.6. The molecule has 29 heavy (non-hydrogen) atoms. The molecular formula is C21H23N3O5. The van der Waals surface area contributed by atoms with Crippen LogP contribution < -0.4 is 14.8 Å². The third-order valence-corrected chi connectivity index (χ3v) is 4.13. The maximum absolute atomic E-state index is 12.4. The molecule has 0 aliphatic rings. The van der Waals surface area contributed by atoms with Crippen LogP contribution in [0.15, 0.2) is 48.7 Å². The predicted molar refractivity (Wildman–Crippen MR) is 108 cm³/mol. The van der Waals surface area contributed by atoms with E-state index in [-0.39, 0.29) is 24.6 Å². The molecule has 0 aliphatic carbocycles. The first-order valence-electron chi connectivity index (χ1n) is 9.33. The van der Waals surface area contributed by atoms with Crippen LogP contribution in [0.1, 0.15) is 30.3 Å². The summed E-state index contributed by atoms with van der Waals surface area (Å²) in [5, 5.41) is 2.78. The fourth-order valence-corrected chi connectivity index (χ4v) is 2.75. The number of carbonyl (C=O) groups excluding carboxylic acids is 2. The molecule has 152 valence electrons. The number of pyridine rings is 1. The van der Waals surface area contributed by atoms with E-state index in [1.807, 2.05) is 24.3 Å². The van der Waals surface area contributed by atoms with Gasteiger partial charge in [0, 0.05) is 12.6 Å². The number of aromatic nitrogens is 2. The van der Waals surface area contributed by atoms with Crippen LogP contribution in [0.4, 0.5) is 5.82 Å². The molecule has 1 N–H and O–H groups in total. The van der Waals surface area contributed by atoms with Crippen LogP contribution in [0.25, 0.3) is 5.65 Å². The fourth-order valence-electron chi connectivity index (χ4n) is 2.75. The number of rotatable bonds is 9. The zero-order valence-corrected chi connectivity index (χ0v) is 16.4. The van der Waals surface area contributed by atoms with Crippen LogP contribution in [0.3, 0.4) is 0 Å². The third-order valence-electron chi connectivity index (χ3n) is 4.13. The second kappa shape index (κ2) is 9.59. The van der Waals surface area contributed by atoms with Crippen molar-refractivity contribution >= 4 is 23.3 Å². The van der Waals surface area contributed by atoms with E-state index < -0.39 is 5.97 Å². The second-order valence-corrected chi connectivity index (χ2v) is 6.13. The van der Waals surface area contributed by atoms with Gasteiger partial charge in [0.25, 0.3) is 0 Å². The molecule has 3 aromatic rings. The van der Waals surface area contributed by atoms with Crippen molar-refractivity contribution in [2.75, 3.05) is 25.6 Å². The molecule has 2 aromatic heterocycles. The second-order valence-electron chi connectivity index (χ2n) is 6.13. The SMILES string of the molecule is CCOC(=O)c1nc2ccccn2c1NC(=O)CCCOc1ccc(OC)cc1. The minimum Gasteiger partial charge on any atom is -0.497 e. The normalized spacial score (nSPS) is 10.6. The Morgan fingerprint density at radius 2 is 1.86 bits per heavy atom. The van der Waals surface area contributed by atoms with Gasteiger partial charge in [-0.15, -0.1) is 0 Å². The number of nitrogens with zero attached hydrogens (tertiary/aromatic N) is 2. The first-order chi connectivity index (χ1) is 14.1. The highest BCUT2D eigenvalue weighted by Gasteiger charge is 2.21. The molecule has 0 aliphatic heterocycles. The molecule has 0 saturated carbocycles. The highest BCUT2D eigenvalue weighted by Crippen LogP contribution is 2.20. The number of anilines is 1. The van der Waals surface area contributed by atoms with Gasteiger partial charge >= 0.3 is 5.97 Å². The van der Waals surface area contributed by atoms with Crippen LogP contribution in [-0.2, 0) is 9.53 Å². The number of ether oxygens (including phenoxy) is 3. The van der Waals surface area contributed by atoms with E-state index in [4.69, 9.17) is 14.2 Å². The highest BCUT2D eigenvalue weighted by atomic mass is 16.5. The topological polar surface area (TPSA) is 91.2 Å². The number of esters is 1. The summed E-state index contributed by atoms with van der Waals surface area (Å²) >= 11 is 0. The smallest absolute Gasteiger partial charge is 0.360 e. The predicted octanol–water partition coefficient (Wildman–Crippen LogP) is 3.32. The van der Waals surface area contributed by atoms with Gasteiger partial charge in [-0.1, -0.05) is 6.07 Å². The van der Waals surface area contributed by atoms with Gasteiger partial charge in [-0.3, -0.25) is 9.20 Å². The Kier molecular flexibility index (Phi) is 6.67. The van der Waals surface area contributed by atoms with Crippen molar-refractivity contribution in [2.45, 2.75) is 19.8 Å². The minimum atomic E-state index is -0.575. The molecule has 8 nitrogen and oxygen atoms in total. The van der Waals surface area contributed by atoms with Gasteiger partial charge in [0.2, 0.25) is 5.91 Å². The van der Waals surface area contributed by atoms with Gasteiger partial charge in [0.15, 0.2) is 11.5 Å². The first kappa shape index (κ1) is 20.2. The van der Waals surface area contributed by atoms with Crippen molar-refractivity contribution in [2.24, 2.45) is 0 Å². The zero-order valence-electron chi connectivity index (χ0n) is 16.4. The average Bonchev–Trinajstić information content (AvgIpc) is 3.10. The van der Waals surface area contributed by atoms with Gasteiger partial charge in [-0.2, -0.15) is 0 Å². The summed E-state index contributed by atoms with van der Waals surface area (Å²) < 4.78 is 17.4. The largest absolute Gasteiger partial charge is 0.497 e. The van der Waals surface area contributed by atoms with Crippen molar-refractivity contribution in [1.82, 2.24) is 9.38 Å². The lowest BCUT2D eigenvalue weighted by atomic mass is 10.3. The van der Waals surface area contributed by atoms with E-state index in [1.165, 1.54) is 0 Å². The van der Waals surface area contributed by atoms with Crippen LogP contribution in [0, 0.1) is 0 Å². The molecule has 1 amide bonds. The summed E-state index contributed by atoms with van der Waals surface area (Å²) in [4.78, 5) is 28.9. The lowest BCUT2D eigenvalue weighted by Crippen LogP contribution is -2.17. The van der Waals surface area contributed by atoms with E-state index in [2.05, 4.69) is 10.3 Å². The molecule has 3 rings (SSSR count). The van der Waals surface area contributed by atoms with Gasteiger partial charge in [-0.25, -0.2) is 9.78 Å². The lowest BCUT2D eigenvalue weighted by molar-refractivity contribution is -0.116. The van der Waals surface area contributed by atoms with Gasteiger partial charge in [-0.05, 0) is 49.7 Å². The lowest BCUT2D eigenvalue weighted by Gasteiger charge is -2.09. The van der Waals surface area contributed by atoms with Crippen molar-refractivity contribution in [3.05, 3.63) is 54.4 Å². The van der Waals surface area contributed by atoms with Gasteiger partial charge < -0.3 is 19.5 Å². The van der Waals surface area contributed by atoms with Crippen LogP contribution in [-0.4, -0.2) is 41.6 Å². The molecule has 0 atom stereocenters. The van der Waals surface area contributed by atoms with E-state index in [0.29, 0.717) is 30.2 Å². The number of hydrogen-bond donors (Lipinski definition) is 1. The van der Waals surface area contributed by atoms with Crippen molar-refractivity contribution in [3.63, 3.8) is 0 Å². The first-order valence-corrected chi connectivity index (χ1v) is 9.33. The molecule has 1 aromatic carbocycles. The number of nitrogens with one attached hydrogen (secondary N) is 1. The van der Waals surface area contributed by atoms with Crippen molar-refractivity contribution in [1.29, 1.82) is 0 Å². The molecule has 8 heteroatoms. The quantitative estimate of drug-likeness (QED) is 0.440. The number of carbonyl (C=O) groups is 2. The van der Waals surface area contributed by atoms with Crippen LogP contribution in [0.5, 0.6) is 11.5 Å². The number of amides is 1. The number of imidazole rings is 1. The standard InChI is InChI=1S/C21H23N3O5/c1-3-28-21(26)19-20(24-13-5-4-7-17(24)22-19)23-18(25)8-6-14-29-16-11-9-15(27-2)10-12-16/h4-5,7,9-13H,3,6,8,14H2,1-2H3,(H,23,25). The Hall–Kier alpha value is -3.55. The summed E-state index contributed by atoms with van der Waals surface area (Å²) in [5.74, 6) is 0.953. The Bertz CT molecular complexity index is 982. The van der Waals surface area contributed by atoms with Crippen molar-refractivity contribution in [3.8, 4) is 11.5 Å². The maximum atomic E-state index is 12.4. The average molecular weight is 397 g/mol. The Labute approximate surface area is 168 Å². The Balaban J connectivity index is 1.59. The van der Waals surface area contributed by atoms with E-state index in [1.54, 1.807) is 42.8 Å².